The van der Waals surface area contributed by atoms with Gasteiger partial charge < -0.3 is 5.32 Å². The molecule has 1 aromatic carbocycles. The average Bonchev–Trinajstić information content (AvgIpc) is 2.14. The van der Waals surface area contributed by atoms with E-state index in [2.05, 4.69) is 27.8 Å². The molecule has 13 heavy (non-hydrogen) atoms. The van der Waals surface area contributed by atoms with E-state index in [0.29, 0.717) is 10.0 Å². The molecule has 0 bridgehead atoms. The highest BCUT2D eigenvalue weighted by atomic mass is 79.9. The molecular weight excluding hydrogens is 233 g/mol. The minimum absolute atomic E-state index is 0.141. The van der Waals surface area contributed by atoms with Crippen LogP contribution in [0.1, 0.15) is 11.6 Å². The maximum Gasteiger partial charge on any atom is 0.142 e. The largest absolute Gasteiger partial charge is 0.310 e. The van der Waals surface area contributed by atoms with Gasteiger partial charge in [-0.15, -0.1) is 6.58 Å². The lowest BCUT2D eigenvalue weighted by Crippen LogP contribution is -2.15. The highest BCUT2D eigenvalue weighted by molar-refractivity contribution is 9.10. The van der Waals surface area contributed by atoms with Crippen LogP contribution in [0.15, 0.2) is 35.3 Å². The maximum atomic E-state index is 13.5. The van der Waals surface area contributed by atoms with Crippen LogP contribution >= 0.6 is 15.9 Å². The third-order valence-corrected chi connectivity index (χ3v) is 2.48. The monoisotopic (exact) mass is 243 g/mol. The number of nitrogens with one attached hydrogen (secondary N) is 1. The fraction of sp³-hybridized carbons (Fsp3) is 0.200. The van der Waals surface area contributed by atoms with Gasteiger partial charge in [0.15, 0.2) is 0 Å². The number of benzene rings is 1. The molecule has 0 radical (unpaired) electrons. The van der Waals surface area contributed by atoms with Gasteiger partial charge in [0, 0.05) is 5.56 Å². The molecule has 1 atom stereocenters. The molecule has 0 heterocycles. The Bertz CT molecular complexity index is 312. The van der Waals surface area contributed by atoms with E-state index in [1.54, 1.807) is 31.3 Å². The van der Waals surface area contributed by atoms with Gasteiger partial charge in [-0.05, 0) is 29.0 Å². The van der Waals surface area contributed by atoms with Crippen LogP contribution in [-0.2, 0) is 0 Å². The van der Waals surface area contributed by atoms with Crippen LogP contribution in [0, 0.1) is 5.82 Å². The van der Waals surface area contributed by atoms with Crippen molar-refractivity contribution in [1.29, 1.82) is 0 Å². The van der Waals surface area contributed by atoms with Crippen molar-refractivity contribution in [2.75, 3.05) is 7.05 Å². The zero-order valence-corrected chi connectivity index (χ0v) is 8.94. The van der Waals surface area contributed by atoms with Gasteiger partial charge in [-0.1, -0.05) is 18.2 Å². The van der Waals surface area contributed by atoms with Crippen molar-refractivity contribution in [2.24, 2.45) is 0 Å². The van der Waals surface area contributed by atoms with Gasteiger partial charge in [-0.2, -0.15) is 0 Å². The van der Waals surface area contributed by atoms with Crippen LogP contribution in [0.2, 0.25) is 0 Å². The van der Waals surface area contributed by atoms with Crippen molar-refractivity contribution in [1.82, 2.24) is 5.32 Å². The molecule has 1 unspecified atom stereocenters. The van der Waals surface area contributed by atoms with E-state index in [1.807, 2.05) is 0 Å². The predicted octanol–water partition coefficient (Wildman–Crippen LogP) is 3.03. The van der Waals surface area contributed by atoms with Gasteiger partial charge in [-0.25, -0.2) is 4.39 Å². The van der Waals surface area contributed by atoms with Crippen molar-refractivity contribution in [3.05, 3.63) is 46.7 Å². The van der Waals surface area contributed by atoms with Crippen LogP contribution in [0.25, 0.3) is 0 Å². The minimum Gasteiger partial charge on any atom is -0.310 e. The molecule has 1 N–H and O–H groups in total. The summed E-state index contributed by atoms with van der Waals surface area (Å²) in [6.07, 6.45) is 1.67. The summed E-state index contributed by atoms with van der Waals surface area (Å²) >= 11 is 3.14. The Balaban J connectivity index is 3.13. The molecule has 1 aromatic rings. The highest BCUT2D eigenvalue weighted by Crippen LogP contribution is 2.23. The summed E-state index contributed by atoms with van der Waals surface area (Å²) in [5, 5.41) is 2.96. The highest BCUT2D eigenvalue weighted by Gasteiger charge is 2.11. The Labute approximate surface area is 85.8 Å². The fourth-order valence-electron chi connectivity index (χ4n) is 1.16. The topological polar surface area (TPSA) is 12.0 Å². The van der Waals surface area contributed by atoms with Crippen LogP contribution in [0.3, 0.4) is 0 Å². The summed E-state index contributed by atoms with van der Waals surface area (Å²) in [5.74, 6) is -0.234. The van der Waals surface area contributed by atoms with E-state index >= 15 is 0 Å². The van der Waals surface area contributed by atoms with Crippen molar-refractivity contribution in [3.63, 3.8) is 0 Å². The molecule has 0 saturated carbocycles. The lowest BCUT2D eigenvalue weighted by atomic mass is 10.1. The first-order valence-corrected chi connectivity index (χ1v) is 4.73. The van der Waals surface area contributed by atoms with Crippen molar-refractivity contribution in [3.8, 4) is 0 Å². The van der Waals surface area contributed by atoms with E-state index < -0.39 is 0 Å². The van der Waals surface area contributed by atoms with E-state index in [0.717, 1.165) is 0 Å². The third-order valence-electron chi connectivity index (χ3n) is 1.86. The number of rotatable bonds is 3. The molecule has 3 heteroatoms. The normalized spacial score (nSPS) is 12.5. The van der Waals surface area contributed by atoms with E-state index in [9.17, 15) is 4.39 Å². The Morgan fingerprint density at radius 2 is 2.31 bits per heavy atom. The van der Waals surface area contributed by atoms with Crippen LogP contribution in [-0.4, -0.2) is 7.05 Å². The lowest BCUT2D eigenvalue weighted by Gasteiger charge is -2.12. The molecule has 0 fully saturated rings. The standard InChI is InChI=1S/C10H11BrFN/c1-3-9(13-2)7-5-4-6-8(11)10(7)12/h3-6,9,13H,1H2,2H3. The molecule has 0 aromatic heterocycles. The quantitative estimate of drug-likeness (QED) is 0.806. The van der Waals surface area contributed by atoms with Gasteiger partial charge in [0.05, 0.1) is 10.5 Å². The second-order valence-corrected chi connectivity index (χ2v) is 3.50. The Morgan fingerprint density at radius 1 is 1.62 bits per heavy atom. The number of hydrogen-bond acceptors (Lipinski definition) is 1. The smallest absolute Gasteiger partial charge is 0.142 e. The van der Waals surface area contributed by atoms with E-state index in [-0.39, 0.29) is 11.9 Å². The SMILES string of the molecule is C=CC(NC)c1cccc(Br)c1F. The maximum absolute atomic E-state index is 13.5. The van der Waals surface area contributed by atoms with Gasteiger partial charge in [0.25, 0.3) is 0 Å². The average molecular weight is 244 g/mol. The van der Waals surface area contributed by atoms with Gasteiger partial charge in [0.2, 0.25) is 0 Å². The summed E-state index contributed by atoms with van der Waals surface area (Å²) < 4.78 is 14.0. The molecule has 1 rings (SSSR count). The Morgan fingerprint density at radius 3 is 2.85 bits per heavy atom. The van der Waals surface area contributed by atoms with Crippen LogP contribution in [0.5, 0.6) is 0 Å². The molecule has 0 aliphatic heterocycles. The first-order chi connectivity index (χ1) is 6.20. The summed E-state index contributed by atoms with van der Waals surface area (Å²) in [6, 6.07) is 5.07. The number of likely N-dealkylation sites (N-methyl/N-ethyl adjacent to an activating group) is 1. The van der Waals surface area contributed by atoms with Gasteiger partial charge in [0.1, 0.15) is 5.82 Å². The Hall–Kier alpha value is -0.670. The molecule has 70 valence electrons. The summed E-state index contributed by atoms with van der Waals surface area (Å²) in [6.45, 7) is 3.63. The lowest BCUT2D eigenvalue weighted by molar-refractivity contribution is 0.577. The molecule has 0 amide bonds. The fourth-order valence-corrected chi connectivity index (χ4v) is 1.54. The summed E-state index contributed by atoms with van der Waals surface area (Å²) in [4.78, 5) is 0. The predicted molar refractivity (Wildman–Crippen MR) is 56.1 cm³/mol. The van der Waals surface area contributed by atoms with Crippen molar-refractivity contribution >= 4 is 15.9 Å². The van der Waals surface area contributed by atoms with Crippen molar-refractivity contribution < 1.29 is 4.39 Å². The van der Waals surface area contributed by atoms with Crippen LogP contribution < -0.4 is 5.32 Å². The van der Waals surface area contributed by atoms with E-state index in [4.69, 9.17) is 0 Å². The zero-order chi connectivity index (χ0) is 9.84. The number of halogens is 2. The molecule has 1 nitrogen and oxygen atoms in total. The minimum atomic E-state index is -0.234. The summed E-state index contributed by atoms with van der Waals surface area (Å²) in [5.41, 5.74) is 0.604. The third kappa shape index (κ3) is 2.17. The molecule has 0 spiro atoms. The second kappa shape index (κ2) is 4.53. The van der Waals surface area contributed by atoms with Gasteiger partial charge in [-0.3, -0.25) is 0 Å². The first-order valence-electron chi connectivity index (χ1n) is 3.94. The zero-order valence-electron chi connectivity index (χ0n) is 7.35. The second-order valence-electron chi connectivity index (χ2n) is 2.65. The first kappa shape index (κ1) is 10.4. The molecular formula is C10H11BrFN. The molecule has 0 saturated heterocycles. The Kier molecular flexibility index (Phi) is 3.63. The van der Waals surface area contributed by atoms with Gasteiger partial charge >= 0.3 is 0 Å². The van der Waals surface area contributed by atoms with Crippen LogP contribution in [0.4, 0.5) is 4.39 Å². The molecule has 0 aliphatic rings. The molecule has 0 aliphatic carbocycles. The summed E-state index contributed by atoms with van der Waals surface area (Å²) in [7, 11) is 1.77. The number of hydrogen-bond donors (Lipinski definition) is 1. The van der Waals surface area contributed by atoms with E-state index in [1.165, 1.54) is 0 Å². The van der Waals surface area contributed by atoms with Crippen molar-refractivity contribution in [2.45, 2.75) is 6.04 Å².